The van der Waals surface area contributed by atoms with E-state index in [1.54, 1.807) is 0 Å². The Balaban J connectivity index is 2.03. The van der Waals surface area contributed by atoms with Crippen molar-refractivity contribution in [2.24, 2.45) is 5.41 Å². The van der Waals surface area contributed by atoms with Crippen molar-refractivity contribution in [1.82, 2.24) is 0 Å². The summed E-state index contributed by atoms with van der Waals surface area (Å²) in [6, 6.07) is 8.73. The van der Waals surface area contributed by atoms with Gasteiger partial charge in [0, 0.05) is 8.99 Å². The fraction of sp³-hybridized carbons (Fsp3) is 0.273. The first-order valence-electron chi connectivity index (χ1n) is 8.19. The third kappa shape index (κ3) is 2.91. The van der Waals surface area contributed by atoms with Gasteiger partial charge in [-0.25, -0.2) is 0 Å². The van der Waals surface area contributed by atoms with Gasteiger partial charge in [0.2, 0.25) is 0 Å². The minimum atomic E-state index is 0.0425. The second-order valence-electron chi connectivity index (χ2n) is 6.75. The van der Waals surface area contributed by atoms with Crippen LogP contribution in [0.5, 0.6) is 0 Å². The molecule has 0 fully saturated rings. The summed E-state index contributed by atoms with van der Waals surface area (Å²) in [5.74, 6) is 0. The highest BCUT2D eigenvalue weighted by atomic mass is 127. The molecule has 0 saturated heterocycles. The zero-order valence-corrected chi connectivity index (χ0v) is 16.3. The van der Waals surface area contributed by atoms with Gasteiger partial charge in [0.05, 0.1) is 0 Å². The maximum Gasteiger partial charge on any atom is 0.0155 e. The SMILES string of the molecule is C=C1C2=C(C=CCC2)C(C)(C)/C1=C/C(=C\C)c1ccc(I)cc1. The fourth-order valence-corrected chi connectivity index (χ4v) is 4.01. The first kappa shape index (κ1) is 16.5. The van der Waals surface area contributed by atoms with Crippen molar-refractivity contribution in [2.45, 2.75) is 33.6 Å². The van der Waals surface area contributed by atoms with Crippen LogP contribution in [0.1, 0.15) is 39.2 Å². The van der Waals surface area contributed by atoms with Crippen LogP contribution in [0.3, 0.4) is 0 Å². The molecule has 0 heterocycles. The van der Waals surface area contributed by atoms with Crippen molar-refractivity contribution < 1.29 is 0 Å². The van der Waals surface area contributed by atoms with Gasteiger partial charge in [0.1, 0.15) is 0 Å². The Kier molecular flexibility index (Phi) is 4.50. The van der Waals surface area contributed by atoms with Crippen LogP contribution in [0.15, 0.2) is 77.4 Å². The van der Waals surface area contributed by atoms with Gasteiger partial charge in [-0.05, 0) is 87.9 Å². The van der Waals surface area contributed by atoms with E-state index >= 15 is 0 Å². The van der Waals surface area contributed by atoms with Crippen LogP contribution >= 0.6 is 22.6 Å². The molecule has 3 rings (SSSR count). The molecule has 0 unspecified atom stereocenters. The molecule has 0 N–H and O–H groups in total. The largest absolute Gasteiger partial charge is 0.0912 e. The van der Waals surface area contributed by atoms with Crippen LogP contribution in [-0.2, 0) is 0 Å². The summed E-state index contributed by atoms with van der Waals surface area (Å²) in [6.07, 6.45) is 11.4. The van der Waals surface area contributed by atoms with Gasteiger partial charge < -0.3 is 0 Å². The Labute approximate surface area is 153 Å². The Morgan fingerprint density at radius 3 is 2.52 bits per heavy atom. The lowest BCUT2D eigenvalue weighted by Crippen LogP contribution is -2.13. The van der Waals surface area contributed by atoms with Gasteiger partial charge >= 0.3 is 0 Å². The lowest BCUT2D eigenvalue weighted by molar-refractivity contribution is 0.576. The molecule has 0 spiro atoms. The number of allylic oxidation sites excluding steroid dienone is 9. The summed E-state index contributed by atoms with van der Waals surface area (Å²) in [7, 11) is 0. The van der Waals surface area contributed by atoms with Crippen molar-refractivity contribution in [3.63, 3.8) is 0 Å². The van der Waals surface area contributed by atoms with Crippen molar-refractivity contribution in [1.29, 1.82) is 0 Å². The number of benzene rings is 1. The van der Waals surface area contributed by atoms with Crippen LogP contribution in [-0.4, -0.2) is 0 Å². The molecule has 2 aliphatic carbocycles. The quantitative estimate of drug-likeness (QED) is 0.464. The van der Waals surface area contributed by atoms with Crippen LogP contribution in [0.25, 0.3) is 5.57 Å². The molecule has 1 heteroatoms. The molecule has 0 saturated carbocycles. The number of hydrogen-bond donors (Lipinski definition) is 0. The summed E-state index contributed by atoms with van der Waals surface area (Å²) < 4.78 is 1.27. The topological polar surface area (TPSA) is 0 Å². The van der Waals surface area contributed by atoms with E-state index in [9.17, 15) is 0 Å². The Hall–Kier alpha value is -1.35. The molecule has 0 bridgehead atoms. The third-order valence-corrected chi connectivity index (χ3v) is 5.71. The van der Waals surface area contributed by atoms with Crippen LogP contribution in [0.4, 0.5) is 0 Å². The van der Waals surface area contributed by atoms with Crippen LogP contribution < -0.4 is 0 Å². The summed E-state index contributed by atoms with van der Waals surface area (Å²) >= 11 is 2.35. The van der Waals surface area contributed by atoms with Crippen molar-refractivity contribution in [3.8, 4) is 0 Å². The Morgan fingerprint density at radius 2 is 1.91 bits per heavy atom. The van der Waals surface area contributed by atoms with Gasteiger partial charge in [-0.1, -0.05) is 56.9 Å². The third-order valence-electron chi connectivity index (χ3n) is 5.00. The molecular formula is C22H23I. The molecule has 118 valence electrons. The first-order chi connectivity index (χ1) is 10.9. The van der Waals surface area contributed by atoms with Crippen molar-refractivity contribution in [2.75, 3.05) is 0 Å². The van der Waals surface area contributed by atoms with Gasteiger partial charge in [0.25, 0.3) is 0 Å². The monoisotopic (exact) mass is 414 g/mol. The zero-order valence-electron chi connectivity index (χ0n) is 14.1. The normalized spacial score (nSPS) is 22.0. The summed E-state index contributed by atoms with van der Waals surface area (Å²) in [4.78, 5) is 0. The molecule has 0 aliphatic heterocycles. The average Bonchev–Trinajstić information content (AvgIpc) is 2.74. The van der Waals surface area contributed by atoms with Gasteiger partial charge in [-0.2, -0.15) is 0 Å². The van der Waals surface area contributed by atoms with E-state index in [0.717, 1.165) is 12.8 Å². The fourth-order valence-electron chi connectivity index (χ4n) is 3.65. The molecule has 2 aliphatic rings. The van der Waals surface area contributed by atoms with E-state index in [1.165, 1.54) is 37.0 Å². The maximum absolute atomic E-state index is 4.42. The highest BCUT2D eigenvalue weighted by Gasteiger charge is 2.38. The second kappa shape index (κ2) is 6.27. The summed E-state index contributed by atoms with van der Waals surface area (Å²) in [6.45, 7) is 11.2. The zero-order chi connectivity index (χ0) is 16.6. The molecular weight excluding hydrogens is 391 g/mol. The maximum atomic E-state index is 4.42. The summed E-state index contributed by atoms with van der Waals surface area (Å²) in [5.41, 5.74) is 8.10. The highest BCUT2D eigenvalue weighted by molar-refractivity contribution is 14.1. The van der Waals surface area contributed by atoms with Crippen molar-refractivity contribution >= 4 is 28.2 Å². The van der Waals surface area contributed by atoms with Gasteiger partial charge in [-0.3, -0.25) is 0 Å². The van der Waals surface area contributed by atoms with E-state index in [-0.39, 0.29) is 5.41 Å². The molecule has 0 atom stereocenters. The average molecular weight is 414 g/mol. The molecule has 0 aromatic heterocycles. The highest BCUT2D eigenvalue weighted by Crippen LogP contribution is 2.53. The van der Waals surface area contributed by atoms with E-state index in [4.69, 9.17) is 0 Å². The first-order valence-corrected chi connectivity index (χ1v) is 9.27. The van der Waals surface area contributed by atoms with Crippen molar-refractivity contribution in [3.05, 3.63) is 86.6 Å². The van der Waals surface area contributed by atoms with Gasteiger partial charge in [-0.15, -0.1) is 0 Å². The minimum Gasteiger partial charge on any atom is -0.0912 e. The standard InChI is InChI=1S/C22H23I/c1-5-16(17-10-12-18(23)13-11-17)14-21-15(2)19-8-6-7-9-20(19)22(21,3)4/h5,7,9-14H,2,6,8H2,1,3-4H3/b16-5+,21-14+. The number of hydrogen-bond acceptors (Lipinski definition) is 0. The Bertz CT molecular complexity index is 765. The summed E-state index contributed by atoms with van der Waals surface area (Å²) in [5, 5.41) is 0. The van der Waals surface area contributed by atoms with Crippen LogP contribution in [0, 0.1) is 8.99 Å². The number of rotatable bonds is 2. The molecule has 0 amide bonds. The van der Waals surface area contributed by atoms with E-state index < -0.39 is 0 Å². The molecule has 1 aromatic carbocycles. The molecule has 1 aromatic rings. The lowest BCUT2D eigenvalue weighted by Gasteiger charge is -2.24. The number of halogens is 1. The van der Waals surface area contributed by atoms with E-state index in [1.807, 2.05) is 0 Å². The predicted molar refractivity (Wildman–Crippen MR) is 109 cm³/mol. The lowest BCUT2D eigenvalue weighted by atomic mass is 9.79. The Morgan fingerprint density at radius 1 is 1.22 bits per heavy atom. The smallest absolute Gasteiger partial charge is 0.0155 e. The predicted octanol–water partition coefficient (Wildman–Crippen LogP) is 6.86. The molecule has 23 heavy (non-hydrogen) atoms. The van der Waals surface area contributed by atoms with E-state index in [0.29, 0.717) is 0 Å². The molecule has 0 nitrogen and oxygen atoms in total. The minimum absolute atomic E-state index is 0.0425. The second-order valence-corrected chi connectivity index (χ2v) is 7.99. The van der Waals surface area contributed by atoms with Crippen LogP contribution in [0.2, 0.25) is 0 Å². The molecule has 0 radical (unpaired) electrons. The van der Waals surface area contributed by atoms with E-state index in [2.05, 4.69) is 98.5 Å². The van der Waals surface area contributed by atoms with Gasteiger partial charge in [0.15, 0.2) is 0 Å².